The Kier molecular flexibility index (Phi) is 3.58. The summed E-state index contributed by atoms with van der Waals surface area (Å²) in [6.45, 7) is 1.93. The molecule has 0 bridgehead atoms. The third-order valence-corrected chi connectivity index (χ3v) is 4.35. The first-order valence-electron chi connectivity index (χ1n) is 8.58. The topological polar surface area (TPSA) is 103 Å². The summed E-state index contributed by atoms with van der Waals surface area (Å²) in [7, 11) is 0. The van der Waals surface area contributed by atoms with Crippen molar-refractivity contribution in [3.05, 3.63) is 72.2 Å². The Hall–Kier alpha value is -4.14. The predicted octanol–water partition coefficient (Wildman–Crippen LogP) is 2.42. The van der Waals surface area contributed by atoms with Gasteiger partial charge in [0, 0.05) is 12.4 Å². The normalized spacial score (nSPS) is 11.2. The number of carbonyl (C=O) groups is 1. The smallest absolute Gasteiger partial charge is 0.259 e. The molecule has 0 saturated carbocycles. The number of rotatable bonds is 3. The summed E-state index contributed by atoms with van der Waals surface area (Å²) in [5.74, 6) is -0.0956. The molecule has 0 fully saturated rings. The number of para-hydroxylation sites is 1. The van der Waals surface area contributed by atoms with Crippen LogP contribution in [-0.4, -0.2) is 40.5 Å². The van der Waals surface area contributed by atoms with Gasteiger partial charge in [-0.3, -0.25) is 15.1 Å². The van der Waals surface area contributed by atoms with Crippen molar-refractivity contribution >= 4 is 28.5 Å². The van der Waals surface area contributed by atoms with Crippen LogP contribution in [0.1, 0.15) is 15.9 Å². The molecular formula is C19H14N8O. The van der Waals surface area contributed by atoms with Crippen molar-refractivity contribution in [1.29, 1.82) is 0 Å². The zero-order chi connectivity index (χ0) is 19.1. The quantitative estimate of drug-likeness (QED) is 0.523. The molecule has 0 aliphatic rings. The van der Waals surface area contributed by atoms with Crippen molar-refractivity contribution in [2.75, 3.05) is 5.32 Å². The molecule has 4 heterocycles. The number of hydrogen-bond acceptors (Lipinski definition) is 6. The minimum Gasteiger partial charge on any atom is -0.289 e. The van der Waals surface area contributed by atoms with Crippen molar-refractivity contribution in [2.24, 2.45) is 0 Å². The first-order chi connectivity index (χ1) is 13.7. The number of carbonyl (C=O) groups excluding carboxylic acids is 1. The lowest BCUT2D eigenvalue weighted by Gasteiger charge is -2.04. The number of fused-ring (bicyclic) bond motifs is 2. The van der Waals surface area contributed by atoms with Crippen molar-refractivity contribution < 1.29 is 4.79 Å². The van der Waals surface area contributed by atoms with Gasteiger partial charge in [0.25, 0.3) is 5.91 Å². The third kappa shape index (κ3) is 2.65. The van der Waals surface area contributed by atoms with Crippen LogP contribution in [0.4, 0.5) is 5.95 Å². The van der Waals surface area contributed by atoms with Gasteiger partial charge in [0.2, 0.25) is 5.95 Å². The maximum Gasteiger partial charge on any atom is 0.259 e. The molecule has 1 amide bonds. The van der Waals surface area contributed by atoms with Gasteiger partial charge in [-0.1, -0.05) is 17.3 Å². The maximum absolute atomic E-state index is 12.3. The molecule has 0 saturated heterocycles. The van der Waals surface area contributed by atoms with Crippen LogP contribution in [-0.2, 0) is 0 Å². The molecule has 136 valence electrons. The number of pyridine rings is 2. The second kappa shape index (κ2) is 6.23. The van der Waals surface area contributed by atoms with Crippen LogP contribution in [0.15, 0.2) is 61.1 Å². The van der Waals surface area contributed by atoms with Crippen LogP contribution in [0.3, 0.4) is 0 Å². The first kappa shape index (κ1) is 16.1. The van der Waals surface area contributed by atoms with Crippen LogP contribution in [0, 0.1) is 6.92 Å². The average Bonchev–Trinajstić information content (AvgIpc) is 3.32. The van der Waals surface area contributed by atoms with Crippen molar-refractivity contribution in [3.8, 4) is 5.69 Å². The fourth-order valence-corrected chi connectivity index (χ4v) is 3.03. The highest BCUT2D eigenvalue weighted by Gasteiger charge is 2.14. The van der Waals surface area contributed by atoms with Gasteiger partial charge in [0.05, 0.1) is 23.0 Å². The minimum absolute atomic E-state index is 0.220. The highest BCUT2D eigenvalue weighted by atomic mass is 16.1. The Balaban J connectivity index is 1.54. The van der Waals surface area contributed by atoms with E-state index in [1.54, 1.807) is 33.7 Å². The fourth-order valence-electron chi connectivity index (χ4n) is 3.03. The standard InChI is InChI=1S/C19H14N8O/c1-12-9-14(27-16-7-3-2-6-15(16)23-25-27)11-26-17(12)21-19(24-26)22-18(28)13-5-4-8-20-10-13/h2-11H,1H3,(H,22,24,28). The Labute approximate surface area is 158 Å². The molecule has 0 atom stereocenters. The first-order valence-corrected chi connectivity index (χ1v) is 8.58. The Morgan fingerprint density at radius 1 is 1.14 bits per heavy atom. The van der Waals surface area contributed by atoms with Crippen LogP contribution in [0.5, 0.6) is 0 Å². The summed E-state index contributed by atoms with van der Waals surface area (Å²) in [6.07, 6.45) is 4.90. The summed E-state index contributed by atoms with van der Waals surface area (Å²) in [4.78, 5) is 20.7. The molecule has 4 aromatic heterocycles. The largest absolute Gasteiger partial charge is 0.289 e. The van der Waals surface area contributed by atoms with E-state index in [1.165, 1.54) is 6.20 Å². The number of nitrogens with one attached hydrogen (secondary N) is 1. The van der Waals surface area contributed by atoms with Gasteiger partial charge in [-0.05, 0) is 42.8 Å². The molecule has 1 aromatic carbocycles. The van der Waals surface area contributed by atoms with E-state index in [0.717, 1.165) is 22.3 Å². The number of benzene rings is 1. The molecule has 0 unspecified atom stereocenters. The van der Waals surface area contributed by atoms with Crippen LogP contribution >= 0.6 is 0 Å². The number of amides is 1. The van der Waals surface area contributed by atoms with Gasteiger partial charge in [0.15, 0.2) is 5.65 Å². The Bertz CT molecular complexity index is 1320. The summed E-state index contributed by atoms with van der Waals surface area (Å²) < 4.78 is 3.37. The van der Waals surface area contributed by atoms with Crippen LogP contribution in [0.25, 0.3) is 22.4 Å². The second-order valence-corrected chi connectivity index (χ2v) is 6.27. The average molecular weight is 370 g/mol. The molecule has 5 aromatic rings. The van der Waals surface area contributed by atoms with E-state index in [-0.39, 0.29) is 11.9 Å². The van der Waals surface area contributed by atoms with Gasteiger partial charge in [-0.25, -0.2) is 9.20 Å². The fraction of sp³-hybridized carbons (Fsp3) is 0.0526. The lowest BCUT2D eigenvalue weighted by molar-refractivity contribution is 0.102. The number of hydrogen-bond donors (Lipinski definition) is 1. The molecule has 0 aliphatic carbocycles. The zero-order valence-electron chi connectivity index (χ0n) is 14.8. The van der Waals surface area contributed by atoms with Crippen molar-refractivity contribution in [3.63, 3.8) is 0 Å². The molecule has 9 heteroatoms. The minimum atomic E-state index is -0.316. The number of aryl methyl sites for hydroxylation is 1. The monoisotopic (exact) mass is 370 g/mol. The molecule has 0 aliphatic heterocycles. The summed E-state index contributed by atoms with van der Waals surface area (Å²) in [5.41, 5.74) is 4.48. The molecule has 0 radical (unpaired) electrons. The van der Waals surface area contributed by atoms with Gasteiger partial charge in [-0.15, -0.1) is 10.2 Å². The van der Waals surface area contributed by atoms with Crippen molar-refractivity contribution in [2.45, 2.75) is 6.92 Å². The molecule has 9 nitrogen and oxygen atoms in total. The SMILES string of the molecule is Cc1cc(-n2nnc3ccccc32)cn2nc(NC(=O)c3cccnc3)nc12. The van der Waals surface area contributed by atoms with Gasteiger partial charge in [0.1, 0.15) is 5.52 Å². The third-order valence-electron chi connectivity index (χ3n) is 4.35. The second-order valence-electron chi connectivity index (χ2n) is 6.27. The maximum atomic E-state index is 12.3. The highest BCUT2D eigenvalue weighted by Crippen LogP contribution is 2.19. The Morgan fingerprint density at radius 3 is 2.89 bits per heavy atom. The highest BCUT2D eigenvalue weighted by molar-refractivity contribution is 6.03. The summed E-state index contributed by atoms with van der Waals surface area (Å²) in [6, 6.07) is 13.1. The number of nitrogens with zero attached hydrogens (tertiary/aromatic N) is 7. The van der Waals surface area contributed by atoms with E-state index in [2.05, 4.69) is 30.7 Å². The molecular weight excluding hydrogens is 356 g/mol. The Morgan fingerprint density at radius 2 is 2.04 bits per heavy atom. The van der Waals surface area contributed by atoms with Gasteiger partial charge < -0.3 is 0 Å². The number of aromatic nitrogens is 7. The van der Waals surface area contributed by atoms with E-state index in [4.69, 9.17) is 0 Å². The van der Waals surface area contributed by atoms with E-state index < -0.39 is 0 Å². The summed E-state index contributed by atoms with van der Waals surface area (Å²) in [5, 5.41) is 15.5. The molecule has 0 spiro atoms. The van der Waals surface area contributed by atoms with Gasteiger partial charge in [-0.2, -0.15) is 4.98 Å². The molecule has 5 rings (SSSR count). The number of anilines is 1. The zero-order valence-corrected chi connectivity index (χ0v) is 14.8. The van der Waals surface area contributed by atoms with Crippen molar-refractivity contribution in [1.82, 2.24) is 34.6 Å². The van der Waals surface area contributed by atoms with E-state index >= 15 is 0 Å². The van der Waals surface area contributed by atoms with E-state index in [1.807, 2.05) is 37.3 Å². The molecule has 28 heavy (non-hydrogen) atoms. The van der Waals surface area contributed by atoms with Gasteiger partial charge >= 0.3 is 0 Å². The van der Waals surface area contributed by atoms with E-state index in [9.17, 15) is 4.79 Å². The predicted molar refractivity (Wildman–Crippen MR) is 102 cm³/mol. The lowest BCUT2D eigenvalue weighted by Crippen LogP contribution is -2.13. The summed E-state index contributed by atoms with van der Waals surface area (Å²) >= 11 is 0. The van der Waals surface area contributed by atoms with Crippen LogP contribution in [0.2, 0.25) is 0 Å². The van der Waals surface area contributed by atoms with Crippen LogP contribution < -0.4 is 5.32 Å². The molecule has 1 N–H and O–H groups in total. The van der Waals surface area contributed by atoms with E-state index in [0.29, 0.717) is 11.2 Å². The lowest BCUT2D eigenvalue weighted by atomic mass is 10.2.